The van der Waals surface area contributed by atoms with E-state index < -0.39 is 28.7 Å². The number of halogens is 3. The number of alkyl halides is 3. The molecule has 1 aliphatic rings. The number of benzene rings is 1. The second-order valence-electron chi connectivity index (χ2n) is 6.24. The van der Waals surface area contributed by atoms with Gasteiger partial charge in [-0.3, -0.25) is 4.79 Å². The second kappa shape index (κ2) is 7.01. The van der Waals surface area contributed by atoms with Crippen molar-refractivity contribution < 1.29 is 26.4 Å². The van der Waals surface area contributed by atoms with Crippen molar-refractivity contribution in [2.45, 2.75) is 30.6 Å². The largest absolute Gasteiger partial charge is 0.405 e. The summed E-state index contributed by atoms with van der Waals surface area (Å²) in [5.41, 5.74) is 0.840. The number of nitrogens with zero attached hydrogens (tertiary/aromatic N) is 2. The molecule has 1 aromatic carbocycles. The van der Waals surface area contributed by atoms with Gasteiger partial charge in [-0.2, -0.15) is 17.5 Å². The zero-order chi connectivity index (χ0) is 19.8. The van der Waals surface area contributed by atoms with Gasteiger partial charge in [0.2, 0.25) is 10.0 Å². The summed E-state index contributed by atoms with van der Waals surface area (Å²) in [5.74, 6) is -0.916. The summed E-state index contributed by atoms with van der Waals surface area (Å²) >= 11 is 0. The zero-order valence-electron chi connectivity index (χ0n) is 14.4. The van der Waals surface area contributed by atoms with E-state index in [-0.39, 0.29) is 16.5 Å². The molecule has 1 aromatic heterocycles. The SMILES string of the molecule is CC1c2cccn2CCN1S(=O)(=O)c1ccc(C(=O)NCC(F)(F)F)cc1. The molecule has 146 valence electrons. The molecule has 2 heterocycles. The Morgan fingerprint density at radius 1 is 1.19 bits per heavy atom. The maximum atomic E-state index is 12.9. The van der Waals surface area contributed by atoms with Crippen molar-refractivity contribution in [3.63, 3.8) is 0 Å². The first-order valence-corrected chi connectivity index (χ1v) is 9.65. The summed E-state index contributed by atoms with van der Waals surface area (Å²) < 4.78 is 65.8. The Morgan fingerprint density at radius 3 is 2.48 bits per heavy atom. The van der Waals surface area contributed by atoms with E-state index in [1.54, 1.807) is 12.2 Å². The Kier molecular flexibility index (Phi) is 5.04. The van der Waals surface area contributed by atoms with E-state index in [1.165, 1.54) is 28.6 Å². The van der Waals surface area contributed by atoms with Crippen LogP contribution in [0.4, 0.5) is 13.2 Å². The summed E-state index contributed by atoms with van der Waals surface area (Å²) in [6.07, 6.45) is -2.62. The molecular formula is C17H18F3N3O3S. The number of hydrogen-bond donors (Lipinski definition) is 1. The molecule has 10 heteroatoms. The molecule has 0 saturated carbocycles. The molecule has 0 aliphatic carbocycles. The third kappa shape index (κ3) is 4.01. The van der Waals surface area contributed by atoms with Crippen molar-refractivity contribution in [2.24, 2.45) is 0 Å². The molecule has 1 unspecified atom stereocenters. The first-order chi connectivity index (χ1) is 12.6. The molecule has 1 aliphatic heterocycles. The quantitative estimate of drug-likeness (QED) is 0.856. The van der Waals surface area contributed by atoms with E-state index in [1.807, 2.05) is 22.9 Å². The first-order valence-electron chi connectivity index (χ1n) is 8.21. The number of hydrogen-bond acceptors (Lipinski definition) is 3. The number of carbonyl (C=O) groups is 1. The monoisotopic (exact) mass is 401 g/mol. The topological polar surface area (TPSA) is 71.4 Å². The molecule has 1 N–H and O–H groups in total. The number of carbonyl (C=O) groups excluding carboxylic acids is 1. The molecule has 1 amide bonds. The lowest BCUT2D eigenvalue weighted by Crippen LogP contribution is -2.40. The van der Waals surface area contributed by atoms with Crippen molar-refractivity contribution >= 4 is 15.9 Å². The summed E-state index contributed by atoms with van der Waals surface area (Å²) in [6, 6.07) is 8.24. The standard InChI is InChI=1S/C17H18F3N3O3S/c1-12-15-3-2-8-22(15)9-10-23(12)27(25,26)14-6-4-13(5-7-14)16(24)21-11-17(18,19)20/h2-8,12H,9-11H2,1H3,(H,21,24). The summed E-state index contributed by atoms with van der Waals surface area (Å²) in [5, 5.41) is 1.75. The minimum absolute atomic E-state index is 0.0123. The van der Waals surface area contributed by atoms with Crippen LogP contribution in [0.5, 0.6) is 0 Å². The highest BCUT2D eigenvalue weighted by Gasteiger charge is 2.34. The molecular weight excluding hydrogens is 383 g/mol. The Balaban J connectivity index is 1.77. The highest BCUT2D eigenvalue weighted by atomic mass is 32.2. The number of nitrogens with one attached hydrogen (secondary N) is 1. The predicted octanol–water partition coefficient (Wildman–Crippen LogP) is 2.55. The Labute approximate surface area is 154 Å². The average molecular weight is 401 g/mol. The maximum absolute atomic E-state index is 12.9. The van der Waals surface area contributed by atoms with Crippen LogP contribution in [0.1, 0.15) is 29.0 Å². The van der Waals surface area contributed by atoms with Gasteiger partial charge in [0.25, 0.3) is 5.91 Å². The number of fused-ring (bicyclic) bond motifs is 1. The first kappa shape index (κ1) is 19.4. The second-order valence-corrected chi connectivity index (χ2v) is 8.13. The molecule has 0 saturated heterocycles. The minimum atomic E-state index is -4.51. The van der Waals surface area contributed by atoms with Crippen LogP contribution in [0.25, 0.3) is 0 Å². The number of aromatic nitrogens is 1. The van der Waals surface area contributed by atoms with Crippen LogP contribution in [0.2, 0.25) is 0 Å². The fraction of sp³-hybridized carbons (Fsp3) is 0.353. The van der Waals surface area contributed by atoms with E-state index in [2.05, 4.69) is 0 Å². The van der Waals surface area contributed by atoms with Crippen molar-refractivity contribution in [2.75, 3.05) is 13.1 Å². The molecule has 2 aromatic rings. The lowest BCUT2D eigenvalue weighted by molar-refractivity contribution is -0.123. The van der Waals surface area contributed by atoms with Crippen LogP contribution >= 0.6 is 0 Å². The van der Waals surface area contributed by atoms with Gasteiger partial charge in [0, 0.05) is 30.5 Å². The predicted molar refractivity (Wildman–Crippen MR) is 91.6 cm³/mol. The van der Waals surface area contributed by atoms with Gasteiger partial charge in [-0.1, -0.05) is 0 Å². The van der Waals surface area contributed by atoms with E-state index in [0.29, 0.717) is 13.1 Å². The van der Waals surface area contributed by atoms with Gasteiger partial charge in [-0.15, -0.1) is 0 Å². The van der Waals surface area contributed by atoms with E-state index in [4.69, 9.17) is 0 Å². The van der Waals surface area contributed by atoms with Crippen LogP contribution in [0.3, 0.4) is 0 Å². The lowest BCUT2D eigenvalue weighted by Gasteiger charge is -2.33. The Bertz CT molecular complexity index is 936. The highest BCUT2D eigenvalue weighted by Crippen LogP contribution is 2.31. The molecule has 0 bridgehead atoms. The summed E-state index contributed by atoms with van der Waals surface area (Å²) in [6.45, 7) is 1.18. The van der Waals surface area contributed by atoms with Crippen molar-refractivity contribution in [3.05, 3.63) is 53.9 Å². The van der Waals surface area contributed by atoms with Crippen molar-refractivity contribution in [3.8, 4) is 0 Å². The molecule has 0 spiro atoms. The lowest BCUT2D eigenvalue weighted by atomic mass is 10.2. The normalized spacial score (nSPS) is 18.1. The third-order valence-corrected chi connectivity index (χ3v) is 6.44. The highest BCUT2D eigenvalue weighted by molar-refractivity contribution is 7.89. The van der Waals surface area contributed by atoms with Crippen LogP contribution in [0.15, 0.2) is 47.5 Å². The van der Waals surface area contributed by atoms with Crippen LogP contribution in [-0.2, 0) is 16.6 Å². The van der Waals surface area contributed by atoms with Crippen LogP contribution < -0.4 is 5.32 Å². The fourth-order valence-electron chi connectivity index (χ4n) is 3.08. The molecule has 0 fully saturated rings. The smallest absolute Gasteiger partial charge is 0.349 e. The van der Waals surface area contributed by atoms with E-state index >= 15 is 0 Å². The third-order valence-electron chi connectivity index (χ3n) is 4.46. The van der Waals surface area contributed by atoms with Gasteiger partial charge in [-0.25, -0.2) is 8.42 Å². The number of rotatable bonds is 4. The summed E-state index contributed by atoms with van der Waals surface area (Å²) in [7, 11) is -3.80. The van der Waals surface area contributed by atoms with Gasteiger partial charge in [-0.05, 0) is 43.3 Å². The zero-order valence-corrected chi connectivity index (χ0v) is 15.2. The van der Waals surface area contributed by atoms with Gasteiger partial charge in [0.15, 0.2) is 0 Å². The molecule has 6 nitrogen and oxygen atoms in total. The number of amides is 1. The van der Waals surface area contributed by atoms with E-state index in [0.717, 1.165) is 5.69 Å². The van der Waals surface area contributed by atoms with Gasteiger partial charge in [0.05, 0.1) is 10.9 Å². The van der Waals surface area contributed by atoms with Crippen LogP contribution in [0, 0.1) is 0 Å². The fourth-order valence-corrected chi connectivity index (χ4v) is 4.68. The number of sulfonamides is 1. The average Bonchev–Trinajstić information content (AvgIpc) is 3.09. The summed E-state index contributed by atoms with van der Waals surface area (Å²) in [4.78, 5) is 11.7. The van der Waals surface area contributed by atoms with Gasteiger partial charge in [0.1, 0.15) is 6.54 Å². The minimum Gasteiger partial charge on any atom is -0.349 e. The van der Waals surface area contributed by atoms with Crippen molar-refractivity contribution in [1.29, 1.82) is 0 Å². The molecule has 1 atom stereocenters. The molecule has 0 radical (unpaired) electrons. The van der Waals surface area contributed by atoms with Crippen molar-refractivity contribution in [1.82, 2.24) is 14.2 Å². The maximum Gasteiger partial charge on any atom is 0.405 e. The van der Waals surface area contributed by atoms with Gasteiger partial charge < -0.3 is 9.88 Å². The van der Waals surface area contributed by atoms with E-state index in [9.17, 15) is 26.4 Å². The molecule has 27 heavy (non-hydrogen) atoms. The molecule has 3 rings (SSSR count). The Hall–Kier alpha value is -2.33. The van der Waals surface area contributed by atoms with Crippen LogP contribution in [-0.4, -0.2) is 42.5 Å². The van der Waals surface area contributed by atoms with Gasteiger partial charge >= 0.3 is 6.18 Å². The Morgan fingerprint density at radius 2 is 1.85 bits per heavy atom.